The number of carbonyl (C=O) groups is 1. The first kappa shape index (κ1) is 19.8. The third kappa shape index (κ3) is 3.99. The molecule has 2 aromatic rings. The fraction of sp³-hybridized carbons (Fsp3) is 0.609. The number of unbranched alkanes of at least 4 members (excludes halogenated alkanes) is 2. The van der Waals surface area contributed by atoms with Crippen LogP contribution in [0.3, 0.4) is 0 Å². The number of hydrogen-bond donors (Lipinski definition) is 0. The van der Waals surface area contributed by atoms with Gasteiger partial charge in [-0.15, -0.1) is 10.2 Å². The molecular formula is C23H33N3O. The third-order valence-electron chi connectivity index (χ3n) is 6.69. The second-order valence-corrected chi connectivity index (χ2v) is 8.94. The van der Waals surface area contributed by atoms with Gasteiger partial charge in [-0.05, 0) is 37.5 Å². The molecule has 0 N–H and O–H groups in total. The third-order valence-corrected chi connectivity index (χ3v) is 6.69. The van der Waals surface area contributed by atoms with Crippen molar-refractivity contribution in [2.24, 2.45) is 12.5 Å². The second-order valence-electron chi connectivity index (χ2n) is 8.94. The van der Waals surface area contributed by atoms with Crippen LogP contribution in [0.4, 0.5) is 0 Å². The van der Waals surface area contributed by atoms with E-state index in [4.69, 9.17) is 0 Å². The van der Waals surface area contributed by atoms with Gasteiger partial charge in [0.05, 0.1) is 0 Å². The summed E-state index contributed by atoms with van der Waals surface area (Å²) >= 11 is 0. The molecule has 146 valence electrons. The first-order valence-electron chi connectivity index (χ1n) is 10.4. The van der Waals surface area contributed by atoms with Crippen molar-refractivity contribution in [1.82, 2.24) is 14.8 Å². The zero-order valence-corrected chi connectivity index (χ0v) is 17.3. The molecule has 0 aliphatic heterocycles. The van der Waals surface area contributed by atoms with E-state index >= 15 is 0 Å². The molecule has 0 saturated heterocycles. The summed E-state index contributed by atoms with van der Waals surface area (Å²) in [4.78, 5) is 11.4. The van der Waals surface area contributed by atoms with Crippen LogP contribution >= 0.6 is 0 Å². The summed E-state index contributed by atoms with van der Waals surface area (Å²) in [6, 6.07) is 7.61. The Morgan fingerprint density at radius 2 is 1.78 bits per heavy atom. The molecule has 1 fully saturated rings. The van der Waals surface area contributed by atoms with Gasteiger partial charge in [0.2, 0.25) is 0 Å². The summed E-state index contributed by atoms with van der Waals surface area (Å²) in [5.74, 6) is 1.83. The monoisotopic (exact) mass is 367 g/mol. The van der Waals surface area contributed by atoms with Crippen molar-refractivity contribution in [2.45, 2.75) is 77.6 Å². The molecule has 1 heterocycles. The SMILES string of the molecule is CCCCCC1(C)CCC(C)(c2nnc(-c3ccccc3C=O)n2C)CC1. The van der Waals surface area contributed by atoms with Crippen LogP contribution in [0.1, 0.15) is 88.3 Å². The lowest BCUT2D eigenvalue weighted by Gasteiger charge is -2.42. The van der Waals surface area contributed by atoms with Crippen LogP contribution in [-0.2, 0) is 12.5 Å². The van der Waals surface area contributed by atoms with Crippen LogP contribution in [0.5, 0.6) is 0 Å². The molecule has 1 saturated carbocycles. The maximum Gasteiger partial charge on any atom is 0.164 e. The van der Waals surface area contributed by atoms with Crippen LogP contribution in [0.15, 0.2) is 24.3 Å². The lowest BCUT2D eigenvalue weighted by Crippen LogP contribution is -2.35. The summed E-state index contributed by atoms with van der Waals surface area (Å²) in [6.45, 7) is 7.07. The standard InChI is InChI=1S/C23H33N3O/c1-5-6-9-12-22(2)13-15-23(3,16-14-22)21-25-24-20(26(21)4)19-11-8-7-10-18(19)17-27/h7-8,10-11,17H,5-6,9,12-16H2,1-4H3. The number of benzene rings is 1. The Labute approximate surface area is 163 Å². The van der Waals surface area contributed by atoms with Crippen molar-refractivity contribution >= 4 is 6.29 Å². The number of nitrogens with zero attached hydrogens (tertiary/aromatic N) is 3. The van der Waals surface area contributed by atoms with Gasteiger partial charge in [0.15, 0.2) is 12.1 Å². The Kier molecular flexibility index (Phi) is 5.83. The van der Waals surface area contributed by atoms with E-state index in [0.717, 1.165) is 36.3 Å². The van der Waals surface area contributed by atoms with Crippen LogP contribution in [-0.4, -0.2) is 21.1 Å². The minimum atomic E-state index is 0.0559. The highest BCUT2D eigenvalue weighted by molar-refractivity contribution is 5.85. The predicted octanol–water partition coefficient (Wildman–Crippen LogP) is 5.71. The van der Waals surface area contributed by atoms with Gasteiger partial charge >= 0.3 is 0 Å². The van der Waals surface area contributed by atoms with Crippen LogP contribution < -0.4 is 0 Å². The van der Waals surface area contributed by atoms with Gasteiger partial charge in [-0.2, -0.15) is 0 Å². The number of carbonyl (C=O) groups excluding carboxylic acids is 1. The van der Waals surface area contributed by atoms with Gasteiger partial charge in [-0.3, -0.25) is 4.79 Å². The van der Waals surface area contributed by atoms with Crippen molar-refractivity contribution in [2.75, 3.05) is 0 Å². The summed E-state index contributed by atoms with van der Waals surface area (Å²) in [7, 11) is 2.03. The second kappa shape index (κ2) is 7.95. The molecule has 1 aromatic heterocycles. The molecule has 0 bridgehead atoms. The number of rotatable bonds is 7. The van der Waals surface area contributed by atoms with E-state index in [0.29, 0.717) is 11.0 Å². The fourth-order valence-electron chi connectivity index (χ4n) is 4.57. The highest BCUT2D eigenvalue weighted by Crippen LogP contribution is 2.48. The number of aromatic nitrogens is 3. The first-order chi connectivity index (χ1) is 12.9. The highest BCUT2D eigenvalue weighted by Gasteiger charge is 2.41. The Morgan fingerprint density at radius 3 is 2.44 bits per heavy atom. The number of aldehydes is 1. The summed E-state index contributed by atoms with van der Waals surface area (Å²) in [5.41, 5.74) is 2.05. The summed E-state index contributed by atoms with van der Waals surface area (Å²) in [6.07, 6.45) is 11.0. The molecule has 0 unspecified atom stereocenters. The Balaban J connectivity index is 1.80. The van der Waals surface area contributed by atoms with Gasteiger partial charge in [-0.1, -0.05) is 64.3 Å². The molecule has 4 nitrogen and oxygen atoms in total. The van der Waals surface area contributed by atoms with E-state index < -0.39 is 0 Å². The molecule has 1 aromatic carbocycles. The minimum absolute atomic E-state index is 0.0559. The van der Waals surface area contributed by atoms with E-state index in [9.17, 15) is 4.79 Å². The lowest BCUT2D eigenvalue weighted by molar-refractivity contribution is 0.112. The zero-order chi connectivity index (χ0) is 19.5. The van der Waals surface area contributed by atoms with Crippen molar-refractivity contribution in [3.05, 3.63) is 35.7 Å². The Hall–Kier alpha value is -1.97. The van der Waals surface area contributed by atoms with Gasteiger partial charge in [0.1, 0.15) is 5.82 Å². The maximum absolute atomic E-state index is 11.4. The summed E-state index contributed by atoms with van der Waals surface area (Å²) in [5, 5.41) is 9.05. The van der Waals surface area contributed by atoms with Crippen molar-refractivity contribution in [1.29, 1.82) is 0 Å². The Bertz CT molecular complexity index is 785. The van der Waals surface area contributed by atoms with E-state index in [-0.39, 0.29) is 5.41 Å². The molecule has 1 aliphatic rings. The quantitative estimate of drug-likeness (QED) is 0.465. The fourth-order valence-corrected chi connectivity index (χ4v) is 4.57. The van der Waals surface area contributed by atoms with E-state index in [1.165, 1.54) is 38.5 Å². The normalized spacial score (nSPS) is 25.5. The Morgan fingerprint density at radius 1 is 1.07 bits per heavy atom. The molecular weight excluding hydrogens is 334 g/mol. The maximum atomic E-state index is 11.4. The smallest absolute Gasteiger partial charge is 0.164 e. The van der Waals surface area contributed by atoms with Crippen LogP contribution in [0.2, 0.25) is 0 Å². The molecule has 0 radical (unpaired) electrons. The minimum Gasteiger partial charge on any atom is -0.314 e. The molecule has 3 rings (SSSR count). The molecule has 0 atom stereocenters. The van der Waals surface area contributed by atoms with Gasteiger partial charge in [0, 0.05) is 23.6 Å². The van der Waals surface area contributed by atoms with E-state index in [1.807, 2.05) is 31.3 Å². The van der Waals surface area contributed by atoms with Crippen molar-refractivity contribution in [3.63, 3.8) is 0 Å². The van der Waals surface area contributed by atoms with Crippen LogP contribution in [0.25, 0.3) is 11.4 Å². The summed E-state index contributed by atoms with van der Waals surface area (Å²) < 4.78 is 2.10. The molecule has 27 heavy (non-hydrogen) atoms. The number of hydrogen-bond acceptors (Lipinski definition) is 3. The lowest BCUT2D eigenvalue weighted by atomic mass is 9.63. The van der Waals surface area contributed by atoms with Gasteiger partial charge < -0.3 is 4.57 Å². The molecule has 1 aliphatic carbocycles. The predicted molar refractivity (Wildman–Crippen MR) is 110 cm³/mol. The topological polar surface area (TPSA) is 47.8 Å². The van der Waals surface area contributed by atoms with Crippen molar-refractivity contribution < 1.29 is 4.79 Å². The zero-order valence-electron chi connectivity index (χ0n) is 17.3. The van der Waals surface area contributed by atoms with Gasteiger partial charge in [0.25, 0.3) is 0 Å². The van der Waals surface area contributed by atoms with E-state index in [2.05, 4.69) is 35.5 Å². The highest BCUT2D eigenvalue weighted by atomic mass is 16.1. The van der Waals surface area contributed by atoms with Gasteiger partial charge in [-0.25, -0.2) is 0 Å². The average Bonchev–Trinajstić information content (AvgIpc) is 3.07. The molecule has 0 amide bonds. The van der Waals surface area contributed by atoms with Crippen molar-refractivity contribution in [3.8, 4) is 11.4 Å². The first-order valence-corrected chi connectivity index (χ1v) is 10.4. The largest absolute Gasteiger partial charge is 0.314 e. The molecule has 4 heteroatoms. The molecule has 0 spiro atoms. The van der Waals surface area contributed by atoms with E-state index in [1.54, 1.807) is 0 Å². The van der Waals surface area contributed by atoms with Crippen LogP contribution in [0, 0.1) is 5.41 Å². The average molecular weight is 368 g/mol.